The van der Waals surface area contributed by atoms with E-state index in [2.05, 4.69) is 11.9 Å². The Labute approximate surface area is 93.6 Å². The van der Waals surface area contributed by atoms with Crippen molar-refractivity contribution in [3.05, 3.63) is 48.6 Å². The highest BCUT2D eigenvalue weighted by molar-refractivity contribution is 5.96. The molecule has 1 unspecified atom stereocenters. The second-order valence-corrected chi connectivity index (χ2v) is 3.25. The molecule has 1 amide bonds. The van der Waals surface area contributed by atoms with Crippen molar-refractivity contribution >= 4 is 11.9 Å². The fourth-order valence-electron chi connectivity index (χ4n) is 1.22. The van der Waals surface area contributed by atoms with Gasteiger partial charge in [-0.05, 0) is 18.6 Å². The number of carbonyl (C=O) groups is 2. The summed E-state index contributed by atoms with van der Waals surface area (Å²) in [7, 11) is 0. The number of hydrogen-bond acceptors (Lipinski definition) is 2. The van der Waals surface area contributed by atoms with E-state index in [1.807, 2.05) is 0 Å². The smallest absolute Gasteiger partial charge is 0.326 e. The number of aliphatic carboxylic acids is 1. The number of carboxylic acid groups (broad SMARTS) is 1. The summed E-state index contributed by atoms with van der Waals surface area (Å²) in [4.78, 5) is 22.4. The first kappa shape index (κ1) is 12.0. The minimum absolute atomic E-state index is 0.202. The highest BCUT2D eigenvalue weighted by Gasteiger charge is 2.18. The summed E-state index contributed by atoms with van der Waals surface area (Å²) < 4.78 is 0. The lowest BCUT2D eigenvalue weighted by Gasteiger charge is -2.12. The molecule has 0 bridgehead atoms. The topological polar surface area (TPSA) is 66.4 Å². The number of hydrogen-bond donors (Lipinski definition) is 2. The first-order valence-corrected chi connectivity index (χ1v) is 4.84. The lowest BCUT2D eigenvalue weighted by atomic mass is 10.1. The van der Waals surface area contributed by atoms with Crippen LogP contribution in [0.3, 0.4) is 0 Å². The van der Waals surface area contributed by atoms with Crippen molar-refractivity contribution < 1.29 is 14.7 Å². The Bertz CT molecular complexity index is 387. The van der Waals surface area contributed by atoms with Crippen LogP contribution >= 0.6 is 0 Å². The summed E-state index contributed by atoms with van der Waals surface area (Å²) in [6, 6.07) is 7.56. The van der Waals surface area contributed by atoms with Gasteiger partial charge in [0.25, 0.3) is 5.91 Å². The second-order valence-electron chi connectivity index (χ2n) is 3.25. The summed E-state index contributed by atoms with van der Waals surface area (Å²) >= 11 is 0. The Hall–Kier alpha value is -2.10. The molecule has 4 heteroatoms. The summed E-state index contributed by atoms with van der Waals surface area (Å²) in [5, 5.41) is 11.3. The van der Waals surface area contributed by atoms with Crippen LogP contribution in [0, 0.1) is 0 Å². The normalized spacial score (nSPS) is 11.5. The maximum absolute atomic E-state index is 11.6. The average Bonchev–Trinajstić information content (AvgIpc) is 2.29. The van der Waals surface area contributed by atoms with Crippen LogP contribution in [0.1, 0.15) is 16.8 Å². The molecular formula is C12H13NO3. The van der Waals surface area contributed by atoms with Gasteiger partial charge >= 0.3 is 5.97 Å². The lowest BCUT2D eigenvalue weighted by Crippen LogP contribution is -2.40. The molecule has 16 heavy (non-hydrogen) atoms. The van der Waals surface area contributed by atoms with E-state index in [0.717, 1.165) is 0 Å². The van der Waals surface area contributed by atoms with Gasteiger partial charge in [-0.25, -0.2) is 4.79 Å². The third-order valence-electron chi connectivity index (χ3n) is 2.04. The average molecular weight is 219 g/mol. The molecule has 2 N–H and O–H groups in total. The van der Waals surface area contributed by atoms with Crippen LogP contribution in [0.4, 0.5) is 0 Å². The van der Waals surface area contributed by atoms with Crippen LogP contribution < -0.4 is 5.32 Å². The third-order valence-corrected chi connectivity index (χ3v) is 2.04. The minimum atomic E-state index is -1.07. The molecule has 0 spiro atoms. The molecule has 84 valence electrons. The van der Waals surface area contributed by atoms with Gasteiger partial charge in [0.05, 0.1) is 0 Å². The van der Waals surface area contributed by atoms with Crippen molar-refractivity contribution in [3.8, 4) is 0 Å². The number of rotatable bonds is 5. The first-order chi connectivity index (χ1) is 7.65. The van der Waals surface area contributed by atoms with E-state index in [9.17, 15) is 9.59 Å². The molecule has 0 saturated carbocycles. The van der Waals surface area contributed by atoms with E-state index in [0.29, 0.717) is 5.56 Å². The predicted molar refractivity (Wildman–Crippen MR) is 60.1 cm³/mol. The van der Waals surface area contributed by atoms with E-state index < -0.39 is 17.9 Å². The molecule has 1 aromatic carbocycles. The maximum atomic E-state index is 11.6. The van der Waals surface area contributed by atoms with Gasteiger partial charge in [-0.3, -0.25) is 4.79 Å². The first-order valence-electron chi connectivity index (χ1n) is 4.84. The number of amides is 1. The van der Waals surface area contributed by atoms with Crippen molar-refractivity contribution in [3.63, 3.8) is 0 Å². The Morgan fingerprint density at radius 1 is 1.38 bits per heavy atom. The molecule has 0 heterocycles. The molecule has 1 aromatic rings. The van der Waals surface area contributed by atoms with E-state index in [4.69, 9.17) is 5.11 Å². The molecule has 4 nitrogen and oxygen atoms in total. The molecule has 1 rings (SSSR count). The van der Waals surface area contributed by atoms with Crippen LogP contribution in [0.25, 0.3) is 0 Å². The zero-order chi connectivity index (χ0) is 12.0. The largest absolute Gasteiger partial charge is 0.480 e. The van der Waals surface area contributed by atoms with Crippen LogP contribution in [0.15, 0.2) is 43.0 Å². The molecule has 0 aliphatic carbocycles. The number of carboxylic acids is 1. The highest BCUT2D eigenvalue weighted by atomic mass is 16.4. The van der Waals surface area contributed by atoms with Crippen LogP contribution in [-0.2, 0) is 4.79 Å². The van der Waals surface area contributed by atoms with Crippen LogP contribution in [-0.4, -0.2) is 23.0 Å². The van der Waals surface area contributed by atoms with Gasteiger partial charge < -0.3 is 10.4 Å². The lowest BCUT2D eigenvalue weighted by molar-refractivity contribution is -0.139. The zero-order valence-corrected chi connectivity index (χ0v) is 8.72. The molecule has 0 aliphatic heterocycles. The number of nitrogens with one attached hydrogen (secondary N) is 1. The van der Waals surface area contributed by atoms with Gasteiger partial charge in [-0.1, -0.05) is 24.3 Å². The van der Waals surface area contributed by atoms with E-state index in [1.165, 1.54) is 6.08 Å². The van der Waals surface area contributed by atoms with Gasteiger partial charge in [0, 0.05) is 5.56 Å². The van der Waals surface area contributed by atoms with E-state index in [-0.39, 0.29) is 6.42 Å². The molecule has 0 aromatic heterocycles. The third kappa shape index (κ3) is 3.24. The molecule has 0 fully saturated rings. The fraction of sp³-hybridized carbons (Fsp3) is 0.167. The van der Waals surface area contributed by atoms with Crippen molar-refractivity contribution in [2.45, 2.75) is 12.5 Å². The van der Waals surface area contributed by atoms with Gasteiger partial charge in [0.15, 0.2) is 0 Å². The Morgan fingerprint density at radius 3 is 2.50 bits per heavy atom. The molecule has 0 radical (unpaired) electrons. The molecular weight excluding hydrogens is 206 g/mol. The number of carbonyl (C=O) groups excluding carboxylic acids is 1. The van der Waals surface area contributed by atoms with Gasteiger partial charge in [0.2, 0.25) is 0 Å². The Balaban J connectivity index is 2.69. The van der Waals surface area contributed by atoms with E-state index in [1.54, 1.807) is 30.3 Å². The maximum Gasteiger partial charge on any atom is 0.326 e. The summed E-state index contributed by atoms with van der Waals surface area (Å²) in [6.07, 6.45) is 1.66. The fourth-order valence-corrected chi connectivity index (χ4v) is 1.22. The van der Waals surface area contributed by atoms with Crippen molar-refractivity contribution in [2.24, 2.45) is 0 Å². The SMILES string of the molecule is C=CCC(NC(=O)c1ccccc1)C(=O)O. The molecule has 0 aliphatic rings. The molecule has 1 atom stereocenters. The van der Waals surface area contributed by atoms with Crippen LogP contribution in [0.5, 0.6) is 0 Å². The summed E-state index contributed by atoms with van der Waals surface area (Å²) in [5.74, 6) is -1.46. The van der Waals surface area contributed by atoms with Crippen LogP contribution in [0.2, 0.25) is 0 Å². The minimum Gasteiger partial charge on any atom is -0.480 e. The van der Waals surface area contributed by atoms with Gasteiger partial charge in [-0.2, -0.15) is 0 Å². The van der Waals surface area contributed by atoms with Gasteiger partial charge in [-0.15, -0.1) is 6.58 Å². The Morgan fingerprint density at radius 2 is 2.00 bits per heavy atom. The predicted octanol–water partition coefficient (Wildman–Crippen LogP) is 1.45. The quantitative estimate of drug-likeness (QED) is 0.736. The summed E-state index contributed by atoms with van der Waals surface area (Å²) in [6.45, 7) is 3.45. The monoisotopic (exact) mass is 219 g/mol. The van der Waals surface area contributed by atoms with Crippen molar-refractivity contribution in [1.29, 1.82) is 0 Å². The second kappa shape index (κ2) is 5.70. The summed E-state index contributed by atoms with van der Waals surface area (Å²) in [5.41, 5.74) is 0.442. The van der Waals surface area contributed by atoms with Crippen molar-refractivity contribution in [2.75, 3.05) is 0 Å². The van der Waals surface area contributed by atoms with Crippen molar-refractivity contribution in [1.82, 2.24) is 5.32 Å². The zero-order valence-electron chi connectivity index (χ0n) is 8.72. The standard InChI is InChI=1S/C12H13NO3/c1-2-6-10(12(15)16)13-11(14)9-7-4-3-5-8-9/h2-5,7-8,10H,1,6H2,(H,13,14)(H,15,16). The molecule has 0 saturated heterocycles. The van der Waals surface area contributed by atoms with Gasteiger partial charge in [0.1, 0.15) is 6.04 Å². The number of benzene rings is 1. The Kier molecular flexibility index (Phi) is 4.27. The highest BCUT2D eigenvalue weighted by Crippen LogP contribution is 2.01. The van der Waals surface area contributed by atoms with E-state index >= 15 is 0 Å².